The zero-order valence-electron chi connectivity index (χ0n) is 9.40. The first kappa shape index (κ1) is 12.0. The largest absolute Gasteiger partial charge is 0.363 e. The van der Waals surface area contributed by atoms with Gasteiger partial charge in [0, 0.05) is 19.8 Å². The number of rotatable bonds is 4. The summed E-state index contributed by atoms with van der Waals surface area (Å²) in [5, 5.41) is 11.6. The highest BCUT2D eigenvalue weighted by molar-refractivity contribution is 5.81. The number of hydrogen-bond acceptors (Lipinski definition) is 4. The molecule has 1 aromatic heterocycles. The minimum Gasteiger partial charge on any atom is -0.363 e. The molecule has 0 aromatic carbocycles. The van der Waals surface area contributed by atoms with Crippen molar-refractivity contribution < 1.29 is 4.79 Å². The molecular formula is C11H14N4O. The van der Waals surface area contributed by atoms with Crippen molar-refractivity contribution >= 4 is 11.6 Å². The summed E-state index contributed by atoms with van der Waals surface area (Å²) >= 11 is 0. The van der Waals surface area contributed by atoms with E-state index in [1.165, 1.54) is 0 Å². The Bertz CT molecular complexity index is 411. The van der Waals surface area contributed by atoms with Crippen molar-refractivity contribution in [3.05, 3.63) is 24.0 Å². The highest BCUT2D eigenvalue weighted by Gasteiger charge is 2.10. The van der Waals surface area contributed by atoms with Gasteiger partial charge >= 0.3 is 0 Å². The van der Waals surface area contributed by atoms with E-state index in [-0.39, 0.29) is 12.5 Å². The first-order valence-electron chi connectivity index (χ1n) is 5.02. The molecule has 0 aliphatic rings. The third-order valence-electron chi connectivity index (χ3n) is 2.06. The van der Waals surface area contributed by atoms with E-state index in [2.05, 4.69) is 10.3 Å². The fraction of sp³-hybridized carbons (Fsp3) is 0.364. The molecule has 0 bridgehead atoms. The van der Waals surface area contributed by atoms with Gasteiger partial charge in [-0.1, -0.05) is 0 Å². The van der Waals surface area contributed by atoms with Crippen LogP contribution in [-0.2, 0) is 4.79 Å². The van der Waals surface area contributed by atoms with E-state index >= 15 is 0 Å². The number of likely N-dealkylation sites (N-methyl/N-ethyl adjacent to an activating group) is 2. The quantitative estimate of drug-likeness (QED) is 0.800. The lowest BCUT2D eigenvalue weighted by Crippen LogP contribution is -2.35. The lowest BCUT2D eigenvalue weighted by molar-refractivity contribution is -0.119. The minimum absolute atomic E-state index is 0.0715. The normalized spacial score (nSPS) is 9.31. The number of nitriles is 1. The third-order valence-corrected chi connectivity index (χ3v) is 2.06. The van der Waals surface area contributed by atoms with E-state index in [1.807, 2.05) is 13.0 Å². The van der Waals surface area contributed by atoms with Crippen LogP contribution in [-0.4, -0.2) is 31.0 Å². The first-order chi connectivity index (χ1) is 7.69. The molecule has 0 saturated heterocycles. The molecule has 0 atom stereocenters. The SMILES string of the molecule is CCNC(=O)CN(C)c1cccnc1C#N. The van der Waals surface area contributed by atoms with Crippen LogP contribution < -0.4 is 10.2 Å². The van der Waals surface area contributed by atoms with Crippen molar-refractivity contribution in [2.75, 3.05) is 25.0 Å². The number of aromatic nitrogens is 1. The third kappa shape index (κ3) is 2.95. The van der Waals surface area contributed by atoms with Crippen molar-refractivity contribution in [2.24, 2.45) is 0 Å². The van der Waals surface area contributed by atoms with Crippen LogP contribution in [0.3, 0.4) is 0 Å². The standard InChI is InChI=1S/C11H14N4O/c1-3-13-11(16)8-15(2)10-5-4-6-14-9(10)7-12/h4-6H,3,8H2,1-2H3,(H,13,16). The zero-order valence-corrected chi connectivity index (χ0v) is 9.40. The Hall–Kier alpha value is -2.09. The maximum absolute atomic E-state index is 11.4. The van der Waals surface area contributed by atoms with Gasteiger partial charge in [-0.25, -0.2) is 4.98 Å². The second-order valence-electron chi connectivity index (χ2n) is 3.29. The molecule has 1 amide bonds. The summed E-state index contributed by atoms with van der Waals surface area (Å²) in [5.41, 5.74) is 0.991. The van der Waals surface area contributed by atoms with Crippen molar-refractivity contribution in [1.82, 2.24) is 10.3 Å². The Balaban J connectivity index is 2.77. The van der Waals surface area contributed by atoms with Crippen LogP contribution in [0.15, 0.2) is 18.3 Å². The Morgan fingerprint density at radius 1 is 1.69 bits per heavy atom. The van der Waals surface area contributed by atoms with Crippen LogP contribution in [0.25, 0.3) is 0 Å². The van der Waals surface area contributed by atoms with Gasteiger partial charge in [-0.3, -0.25) is 4.79 Å². The summed E-state index contributed by atoms with van der Waals surface area (Å²) in [4.78, 5) is 17.0. The van der Waals surface area contributed by atoms with Gasteiger partial charge in [0.2, 0.25) is 5.91 Å². The summed E-state index contributed by atoms with van der Waals surface area (Å²) < 4.78 is 0. The number of pyridine rings is 1. The number of amides is 1. The molecule has 0 spiro atoms. The Morgan fingerprint density at radius 3 is 3.06 bits per heavy atom. The molecular weight excluding hydrogens is 204 g/mol. The van der Waals surface area contributed by atoms with Crippen molar-refractivity contribution in [1.29, 1.82) is 5.26 Å². The number of nitrogens with zero attached hydrogens (tertiary/aromatic N) is 3. The highest BCUT2D eigenvalue weighted by Crippen LogP contribution is 2.14. The molecule has 1 heterocycles. The van der Waals surface area contributed by atoms with Gasteiger partial charge in [-0.15, -0.1) is 0 Å². The van der Waals surface area contributed by atoms with Gasteiger partial charge in [0.15, 0.2) is 5.69 Å². The number of carbonyl (C=O) groups excluding carboxylic acids is 1. The van der Waals surface area contributed by atoms with E-state index in [4.69, 9.17) is 5.26 Å². The maximum atomic E-state index is 11.4. The number of carbonyl (C=O) groups is 1. The number of anilines is 1. The molecule has 1 aromatic rings. The van der Waals surface area contributed by atoms with Crippen LogP contribution in [0.4, 0.5) is 5.69 Å². The monoisotopic (exact) mass is 218 g/mol. The second kappa shape index (κ2) is 5.71. The van der Waals surface area contributed by atoms with Crippen LogP contribution in [0.5, 0.6) is 0 Å². The Labute approximate surface area is 94.7 Å². The molecule has 0 saturated carbocycles. The van der Waals surface area contributed by atoms with E-state index in [0.29, 0.717) is 17.9 Å². The molecule has 5 heteroatoms. The van der Waals surface area contributed by atoms with Crippen LogP contribution in [0.2, 0.25) is 0 Å². The lowest BCUT2D eigenvalue weighted by atomic mass is 10.3. The summed E-state index contributed by atoms with van der Waals surface area (Å²) in [6.07, 6.45) is 1.56. The number of nitrogens with one attached hydrogen (secondary N) is 1. The molecule has 0 unspecified atom stereocenters. The van der Waals surface area contributed by atoms with Crippen molar-refractivity contribution in [3.63, 3.8) is 0 Å². The topological polar surface area (TPSA) is 69.0 Å². The number of hydrogen-bond donors (Lipinski definition) is 1. The molecule has 84 valence electrons. The van der Waals surface area contributed by atoms with E-state index < -0.39 is 0 Å². The maximum Gasteiger partial charge on any atom is 0.239 e. The molecule has 0 fully saturated rings. The van der Waals surface area contributed by atoms with Gasteiger partial charge in [-0.2, -0.15) is 5.26 Å². The van der Waals surface area contributed by atoms with Gasteiger partial charge in [0.1, 0.15) is 6.07 Å². The van der Waals surface area contributed by atoms with Gasteiger partial charge in [0.25, 0.3) is 0 Å². The molecule has 0 radical (unpaired) electrons. The fourth-order valence-corrected chi connectivity index (χ4v) is 1.34. The fourth-order valence-electron chi connectivity index (χ4n) is 1.34. The van der Waals surface area contributed by atoms with E-state index in [1.54, 1.807) is 30.3 Å². The summed E-state index contributed by atoms with van der Waals surface area (Å²) in [7, 11) is 1.76. The molecule has 1 rings (SSSR count). The smallest absolute Gasteiger partial charge is 0.239 e. The van der Waals surface area contributed by atoms with E-state index in [0.717, 1.165) is 0 Å². The summed E-state index contributed by atoms with van der Waals surface area (Å²) in [5.74, 6) is -0.0715. The lowest BCUT2D eigenvalue weighted by Gasteiger charge is -2.18. The van der Waals surface area contributed by atoms with Crippen molar-refractivity contribution in [2.45, 2.75) is 6.92 Å². The average Bonchev–Trinajstić information content (AvgIpc) is 2.29. The van der Waals surface area contributed by atoms with Crippen LogP contribution >= 0.6 is 0 Å². The summed E-state index contributed by atoms with van der Waals surface area (Å²) in [6, 6.07) is 5.51. The van der Waals surface area contributed by atoms with Gasteiger partial charge in [0.05, 0.1) is 12.2 Å². The van der Waals surface area contributed by atoms with Crippen LogP contribution in [0, 0.1) is 11.3 Å². The van der Waals surface area contributed by atoms with Gasteiger partial charge < -0.3 is 10.2 Å². The molecule has 5 nitrogen and oxygen atoms in total. The predicted molar refractivity (Wildman–Crippen MR) is 60.9 cm³/mol. The molecule has 0 aliphatic heterocycles. The van der Waals surface area contributed by atoms with Crippen molar-refractivity contribution in [3.8, 4) is 6.07 Å². The Kier molecular flexibility index (Phi) is 4.28. The summed E-state index contributed by atoms with van der Waals surface area (Å²) in [6.45, 7) is 2.68. The molecule has 0 aliphatic carbocycles. The minimum atomic E-state index is -0.0715. The Morgan fingerprint density at radius 2 is 2.44 bits per heavy atom. The highest BCUT2D eigenvalue weighted by atomic mass is 16.1. The average molecular weight is 218 g/mol. The zero-order chi connectivity index (χ0) is 12.0. The van der Waals surface area contributed by atoms with Crippen LogP contribution in [0.1, 0.15) is 12.6 Å². The second-order valence-corrected chi connectivity index (χ2v) is 3.29. The predicted octanol–water partition coefficient (Wildman–Crippen LogP) is 0.526. The first-order valence-corrected chi connectivity index (χ1v) is 5.02. The molecule has 16 heavy (non-hydrogen) atoms. The van der Waals surface area contributed by atoms with Gasteiger partial charge in [-0.05, 0) is 19.1 Å². The van der Waals surface area contributed by atoms with E-state index in [9.17, 15) is 4.79 Å². The molecule has 1 N–H and O–H groups in total.